The summed E-state index contributed by atoms with van der Waals surface area (Å²) >= 11 is 0. The first-order valence-corrected chi connectivity index (χ1v) is 11.3. The molecule has 4 heteroatoms. The Bertz CT molecular complexity index is 1380. The van der Waals surface area contributed by atoms with Crippen LogP contribution in [0.1, 0.15) is 58.8 Å². The van der Waals surface area contributed by atoms with Crippen LogP contribution in [0.25, 0.3) is 32.9 Å². The normalized spacial score (nSPS) is 14.2. The molecule has 0 spiro atoms. The van der Waals surface area contributed by atoms with Gasteiger partial charge in [0.15, 0.2) is 0 Å². The van der Waals surface area contributed by atoms with Gasteiger partial charge in [-0.1, -0.05) is 50.1 Å². The topological polar surface area (TPSA) is 54.3 Å². The number of aliphatic hydroxyl groups excluding tert-OH is 1. The standard InChI is InChI=1S/C27H26N2O2/c1-2-3-6-11-29-22-10-9-16(15-30)12-19(22)24-21-14-28-27(31)25(21)23-18-8-5-4-7-17(18)13-20(23)26(24)29/h4-5,7-10,12,30H,2-3,6,11,13-15H2,1H3,(H,28,31). The lowest BCUT2D eigenvalue weighted by molar-refractivity contribution is 0.0966. The van der Waals surface area contributed by atoms with Crippen LogP contribution in [0.3, 0.4) is 0 Å². The molecular weight excluding hydrogens is 384 g/mol. The Morgan fingerprint density at radius 2 is 1.94 bits per heavy atom. The number of amides is 1. The maximum Gasteiger partial charge on any atom is 0.252 e. The number of aryl methyl sites for hydroxylation is 1. The van der Waals surface area contributed by atoms with Crippen molar-refractivity contribution in [3.8, 4) is 11.1 Å². The summed E-state index contributed by atoms with van der Waals surface area (Å²) in [4.78, 5) is 13.0. The van der Waals surface area contributed by atoms with Crippen molar-refractivity contribution in [3.63, 3.8) is 0 Å². The lowest BCUT2D eigenvalue weighted by Gasteiger charge is -2.13. The second kappa shape index (κ2) is 6.96. The number of aliphatic hydroxyl groups is 1. The van der Waals surface area contributed by atoms with Gasteiger partial charge in [-0.05, 0) is 46.4 Å². The van der Waals surface area contributed by atoms with E-state index in [4.69, 9.17) is 0 Å². The van der Waals surface area contributed by atoms with Crippen LogP contribution >= 0.6 is 0 Å². The van der Waals surface area contributed by atoms with Crippen molar-refractivity contribution in [2.45, 2.75) is 52.3 Å². The molecule has 4 nitrogen and oxygen atoms in total. The highest BCUT2D eigenvalue weighted by Crippen LogP contribution is 2.48. The van der Waals surface area contributed by atoms with Crippen molar-refractivity contribution in [2.75, 3.05) is 0 Å². The molecule has 3 aromatic carbocycles. The fourth-order valence-corrected chi connectivity index (χ4v) is 5.68. The molecule has 0 atom stereocenters. The molecule has 0 saturated heterocycles. The van der Waals surface area contributed by atoms with Crippen LogP contribution in [0, 0.1) is 0 Å². The Morgan fingerprint density at radius 3 is 2.77 bits per heavy atom. The minimum absolute atomic E-state index is 0.0220. The van der Waals surface area contributed by atoms with Gasteiger partial charge in [-0.25, -0.2) is 0 Å². The zero-order valence-electron chi connectivity index (χ0n) is 17.8. The third kappa shape index (κ3) is 2.55. The van der Waals surface area contributed by atoms with E-state index in [0.717, 1.165) is 47.0 Å². The maximum atomic E-state index is 13.0. The molecule has 1 aliphatic heterocycles. The summed E-state index contributed by atoms with van der Waals surface area (Å²) in [5, 5.41) is 15.2. The Kier molecular flexibility index (Phi) is 4.19. The van der Waals surface area contributed by atoms with Crippen LogP contribution < -0.4 is 5.32 Å². The monoisotopic (exact) mass is 410 g/mol. The summed E-state index contributed by atoms with van der Waals surface area (Å²) in [6.45, 7) is 3.79. The van der Waals surface area contributed by atoms with E-state index in [1.165, 1.54) is 46.0 Å². The van der Waals surface area contributed by atoms with E-state index in [-0.39, 0.29) is 12.5 Å². The number of carbonyl (C=O) groups excluding carboxylic acids is 1. The molecule has 156 valence electrons. The van der Waals surface area contributed by atoms with E-state index in [2.05, 4.69) is 53.2 Å². The molecule has 0 unspecified atom stereocenters. The molecule has 1 aliphatic carbocycles. The van der Waals surface area contributed by atoms with E-state index in [1.54, 1.807) is 0 Å². The highest BCUT2D eigenvalue weighted by Gasteiger charge is 2.35. The fourth-order valence-electron chi connectivity index (χ4n) is 5.68. The second-order valence-electron chi connectivity index (χ2n) is 8.82. The van der Waals surface area contributed by atoms with Crippen molar-refractivity contribution in [2.24, 2.45) is 0 Å². The SMILES string of the molecule is CCCCCn1c2ccc(CO)cc2c2c3c(c4c(c21)Cc1ccccc1-4)C(=O)NC3. The van der Waals surface area contributed by atoms with Gasteiger partial charge in [-0.2, -0.15) is 0 Å². The predicted molar refractivity (Wildman–Crippen MR) is 124 cm³/mol. The van der Waals surface area contributed by atoms with Crippen LogP contribution in [-0.2, 0) is 26.1 Å². The van der Waals surface area contributed by atoms with Crippen molar-refractivity contribution in [1.29, 1.82) is 0 Å². The van der Waals surface area contributed by atoms with E-state index in [0.29, 0.717) is 6.54 Å². The molecule has 6 rings (SSSR count). The van der Waals surface area contributed by atoms with Gasteiger partial charge in [0.2, 0.25) is 0 Å². The molecule has 0 bridgehead atoms. The van der Waals surface area contributed by atoms with Gasteiger partial charge in [0.25, 0.3) is 5.91 Å². The molecule has 0 radical (unpaired) electrons. The number of unbranched alkanes of at least 4 members (excludes halogenated alkanes) is 2. The third-order valence-corrected chi connectivity index (χ3v) is 7.04. The summed E-state index contributed by atoms with van der Waals surface area (Å²) in [6, 6.07) is 14.8. The van der Waals surface area contributed by atoms with E-state index in [9.17, 15) is 9.90 Å². The summed E-state index contributed by atoms with van der Waals surface area (Å²) < 4.78 is 2.48. The minimum atomic E-state index is 0.0220. The summed E-state index contributed by atoms with van der Waals surface area (Å²) in [6.07, 6.45) is 4.37. The van der Waals surface area contributed by atoms with Gasteiger partial charge < -0.3 is 15.0 Å². The van der Waals surface area contributed by atoms with Crippen molar-refractivity contribution in [3.05, 3.63) is 70.3 Å². The lowest BCUT2D eigenvalue weighted by atomic mass is 9.92. The van der Waals surface area contributed by atoms with Crippen LogP contribution in [0.2, 0.25) is 0 Å². The van der Waals surface area contributed by atoms with E-state index in [1.807, 2.05) is 6.07 Å². The average molecular weight is 411 g/mol. The number of nitrogens with one attached hydrogen (secondary N) is 1. The number of rotatable bonds is 5. The highest BCUT2D eigenvalue weighted by atomic mass is 16.3. The van der Waals surface area contributed by atoms with Gasteiger partial charge in [0, 0.05) is 41.4 Å². The Labute approximate surface area is 181 Å². The first-order valence-electron chi connectivity index (χ1n) is 11.3. The van der Waals surface area contributed by atoms with Gasteiger partial charge >= 0.3 is 0 Å². The molecule has 2 heterocycles. The zero-order valence-corrected chi connectivity index (χ0v) is 17.8. The van der Waals surface area contributed by atoms with Crippen LogP contribution in [0.5, 0.6) is 0 Å². The summed E-state index contributed by atoms with van der Waals surface area (Å²) in [7, 11) is 0. The molecular formula is C27H26N2O2. The van der Waals surface area contributed by atoms with Crippen molar-refractivity contribution < 1.29 is 9.90 Å². The zero-order chi connectivity index (χ0) is 21.1. The Morgan fingerprint density at radius 1 is 1.06 bits per heavy atom. The molecule has 0 saturated carbocycles. The van der Waals surface area contributed by atoms with E-state index < -0.39 is 0 Å². The highest BCUT2D eigenvalue weighted by molar-refractivity contribution is 6.20. The number of carbonyl (C=O) groups is 1. The Balaban J connectivity index is 1.77. The fraction of sp³-hybridized carbons (Fsp3) is 0.296. The van der Waals surface area contributed by atoms with Crippen LogP contribution in [-0.4, -0.2) is 15.6 Å². The van der Waals surface area contributed by atoms with Crippen molar-refractivity contribution >= 4 is 27.7 Å². The maximum absolute atomic E-state index is 13.0. The third-order valence-electron chi connectivity index (χ3n) is 7.04. The van der Waals surface area contributed by atoms with Crippen LogP contribution in [0.4, 0.5) is 0 Å². The molecule has 0 fully saturated rings. The lowest BCUT2D eigenvalue weighted by Crippen LogP contribution is -2.13. The largest absolute Gasteiger partial charge is 0.392 e. The molecule has 1 amide bonds. The average Bonchev–Trinajstić information content (AvgIpc) is 3.45. The first-order chi connectivity index (χ1) is 15.2. The summed E-state index contributed by atoms with van der Waals surface area (Å²) in [5.74, 6) is 0.0371. The van der Waals surface area contributed by atoms with E-state index >= 15 is 0 Å². The number of aromatic nitrogens is 1. The smallest absolute Gasteiger partial charge is 0.252 e. The van der Waals surface area contributed by atoms with Gasteiger partial charge in [0.1, 0.15) is 0 Å². The van der Waals surface area contributed by atoms with Gasteiger partial charge in [-0.15, -0.1) is 0 Å². The molecule has 31 heavy (non-hydrogen) atoms. The molecule has 2 aliphatic rings. The minimum Gasteiger partial charge on any atom is -0.392 e. The Hall–Kier alpha value is -3.11. The van der Waals surface area contributed by atoms with Crippen LogP contribution in [0.15, 0.2) is 42.5 Å². The van der Waals surface area contributed by atoms with Crippen molar-refractivity contribution in [1.82, 2.24) is 9.88 Å². The van der Waals surface area contributed by atoms with Gasteiger partial charge in [-0.3, -0.25) is 4.79 Å². The molecule has 4 aromatic rings. The number of hydrogen-bond acceptors (Lipinski definition) is 2. The second-order valence-corrected chi connectivity index (χ2v) is 8.82. The molecule has 2 N–H and O–H groups in total. The number of hydrogen-bond donors (Lipinski definition) is 2. The molecule has 1 aromatic heterocycles. The summed E-state index contributed by atoms with van der Waals surface area (Å²) in [5.41, 5.74) is 10.3. The first kappa shape index (κ1) is 18.6. The quantitative estimate of drug-likeness (QED) is 0.387. The number of nitrogens with zero attached hydrogens (tertiary/aromatic N) is 1. The predicted octanol–water partition coefficient (Wildman–Crippen LogP) is 5.29. The van der Waals surface area contributed by atoms with Gasteiger partial charge in [0.05, 0.1) is 17.7 Å². The number of fused-ring (bicyclic) bond motifs is 10. The number of benzene rings is 3.